The summed E-state index contributed by atoms with van der Waals surface area (Å²) < 4.78 is 30.6. The Morgan fingerprint density at radius 2 is 0.837 bits per heavy atom. The first-order chi connectivity index (χ1) is 41.8. The molecule has 0 spiro atoms. The summed E-state index contributed by atoms with van der Waals surface area (Å²) >= 11 is 0. The molecule has 0 aliphatic heterocycles. The van der Waals surface area contributed by atoms with E-state index in [1.807, 2.05) is 0 Å². The van der Waals surface area contributed by atoms with Gasteiger partial charge in [0.15, 0.2) is 0 Å². The van der Waals surface area contributed by atoms with Gasteiger partial charge in [-0.2, -0.15) is 0 Å². The predicted molar refractivity (Wildman–Crippen MR) is 403 cm³/mol. The lowest BCUT2D eigenvalue weighted by Crippen LogP contribution is -2.51. The Hall–Kier alpha value is -0.240. The molecule has 10 saturated carbocycles. The van der Waals surface area contributed by atoms with E-state index >= 15 is 0 Å². The summed E-state index contributed by atoms with van der Waals surface area (Å²) in [4.78, 5) is 0. The van der Waals surface area contributed by atoms with Gasteiger partial charge >= 0.3 is 0 Å². The fraction of sp³-hybridized carbons (Fsp3) is 1.00. The van der Waals surface area contributed by atoms with Crippen molar-refractivity contribution in [3.8, 4) is 0 Å². The average molecular weight is 1300 g/mol. The van der Waals surface area contributed by atoms with Gasteiger partial charge in [0.2, 0.25) is 0 Å². The third kappa shape index (κ3) is 27.4. The first kappa shape index (κ1) is 86.0. The summed E-state index contributed by atoms with van der Waals surface area (Å²) in [7, 11) is 0. The molecule has 0 radical (unpaired) electrons. The third-order valence-corrected chi connectivity index (χ3v) is 25.0. The Morgan fingerprint density at radius 1 is 0.413 bits per heavy atom. The van der Waals surface area contributed by atoms with Crippen LogP contribution in [0.1, 0.15) is 383 Å². The van der Waals surface area contributed by atoms with E-state index in [0.29, 0.717) is 87.7 Å². The van der Waals surface area contributed by atoms with Crippen molar-refractivity contribution in [2.75, 3.05) is 0 Å². The van der Waals surface area contributed by atoms with Crippen LogP contribution in [-0.2, 0) is 23.7 Å². The topological polar surface area (TPSA) is 72.2 Å². The van der Waals surface area contributed by atoms with Crippen molar-refractivity contribution in [1.29, 1.82) is 0 Å². The second-order valence-electron chi connectivity index (χ2n) is 41.3. The number of hydrogen-bond donors (Lipinski definition) is 1. The fourth-order valence-corrected chi connectivity index (χ4v) is 19.5. The van der Waals surface area contributed by atoms with Gasteiger partial charge in [0.05, 0.1) is 59.5 Å². The summed E-state index contributed by atoms with van der Waals surface area (Å²) in [5.41, 5.74) is 8.61. The minimum absolute atomic E-state index is 0.00880. The standard InChI is InChI=1S/C15H30O.C14H28O.C14H24.C13H24O.C13H26O.C10H20O.C7H17N/c1-13(2,3)15(7)11-9-8-10-12(15)16-14(4,5)6;1-10(2)12-8-7-11(3)9-13(12)15-14(4,5)6;1-13(2,3)14-7-10-4-11(8-14)6-12(5-10)9-14;1-9(2)14-11-12(3,4)10-6-7-13(11,5)8-10;1-9(2)12-7-6-11(5)8-13(12)14-10(3)4;1-10(2,3)11-9-7-5-4-6-8-9;1-5(2)7(8)6(3)4/h12H,8-11H2,1-7H3;10-13H,7-9H2,1-6H3;10-12H,4-9H2,1-3H3;9-11H,6-8H2,1-5H3;9-13H,6-8H2,1-5H3;9H,4-8H2,1-3H3;5-7H,8H2,1-4H3/t;11-,12+,13-;;10-,11-,13+;11-,12+,13-;;/m.1.00../s1. The maximum absolute atomic E-state index is 6.32. The van der Waals surface area contributed by atoms with Crippen LogP contribution >= 0.6 is 0 Å². The second-order valence-corrected chi connectivity index (χ2v) is 41.3. The van der Waals surface area contributed by atoms with Gasteiger partial charge in [-0.1, -0.05) is 183 Å². The molecule has 0 heterocycles. The second kappa shape index (κ2) is 35.9. The van der Waals surface area contributed by atoms with Gasteiger partial charge in [-0.3, -0.25) is 0 Å². The summed E-state index contributed by atoms with van der Waals surface area (Å²) in [6, 6.07) is 0.370. The molecule has 2 N–H and O–H groups in total. The molecule has 92 heavy (non-hydrogen) atoms. The third-order valence-electron chi connectivity index (χ3n) is 25.0. The summed E-state index contributed by atoms with van der Waals surface area (Å²) in [6.07, 6.45) is 36.7. The molecular weight excluding hydrogens is 1130 g/mol. The first-order valence-electron chi connectivity index (χ1n) is 39.9. The van der Waals surface area contributed by atoms with Crippen LogP contribution in [0.3, 0.4) is 0 Å². The lowest BCUT2D eigenvalue weighted by Gasteiger charge is -2.62. The number of hydrogen-bond acceptors (Lipinski definition) is 6. The Labute approximate surface area is 578 Å². The maximum atomic E-state index is 6.32. The fourth-order valence-electron chi connectivity index (χ4n) is 19.5. The van der Waals surface area contributed by atoms with Crippen LogP contribution in [0.5, 0.6) is 0 Å². The van der Waals surface area contributed by atoms with Crippen LogP contribution in [0.2, 0.25) is 0 Å². The quantitative estimate of drug-likeness (QED) is 0.222. The van der Waals surface area contributed by atoms with Crippen molar-refractivity contribution >= 4 is 0 Å². The molecule has 11 atom stereocenters. The zero-order valence-electron chi connectivity index (χ0n) is 68.6. The van der Waals surface area contributed by atoms with Gasteiger partial charge in [0.25, 0.3) is 0 Å². The number of nitrogens with two attached hydrogens (primary N) is 1. The minimum Gasteiger partial charge on any atom is -0.375 e. The van der Waals surface area contributed by atoms with Gasteiger partial charge in [0.1, 0.15) is 0 Å². The summed E-state index contributed by atoms with van der Waals surface area (Å²) in [5, 5.41) is 0. The van der Waals surface area contributed by atoms with Crippen LogP contribution in [0.25, 0.3) is 0 Å². The zero-order chi connectivity index (χ0) is 70.6. The molecule has 548 valence electrons. The van der Waals surface area contributed by atoms with E-state index in [2.05, 4.69) is 228 Å². The Kier molecular flexibility index (Phi) is 33.5. The van der Waals surface area contributed by atoms with E-state index in [0.717, 1.165) is 64.6 Å². The highest BCUT2D eigenvalue weighted by atomic mass is 16.5. The van der Waals surface area contributed by atoms with Gasteiger partial charge in [0, 0.05) is 6.04 Å². The minimum atomic E-state index is -0.0193. The molecule has 0 aromatic heterocycles. The monoisotopic (exact) mass is 1300 g/mol. The average Bonchev–Trinajstić information content (AvgIpc) is 1.30. The van der Waals surface area contributed by atoms with Gasteiger partial charge in [-0.15, -0.1) is 0 Å². The molecule has 6 bridgehead atoms. The Morgan fingerprint density at radius 3 is 1.20 bits per heavy atom. The highest BCUT2D eigenvalue weighted by Gasteiger charge is 2.60. The van der Waals surface area contributed by atoms with Crippen LogP contribution in [0.4, 0.5) is 0 Å². The largest absolute Gasteiger partial charge is 0.375 e. The number of fused-ring (bicyclic) bond motifs is 2. The van der Waals surface area contributed by atoms with E-state index in [4.69, 9.17) is 29.4 Å². The smallest absolute Gasteiger partial charge is 0.0685 e. The predicted octanol–water partition coefficient (Wildman–Crippen LogP) is 25.6. The number of rotatable bonds is 11. The maximum Gasteiger partial charge on any atom is 0.0685 e. The van der Waals surface area contributed by atoms with Crippen molar-refractivity contribution in [2.24, 2.45) is 109 Å². The van der Waals surface area contributed by atoms with Crippen molar-refractivity contribution in [2.45, 2.75) is 448 Å². The molecule has 2 unspecified atom stereocenters. The lowest BCUT2D eigenvalue weighted by molar-refractivity contribution is -0.162. The van der Waals surface area contributed by atoms with Crippen molar-refractivity contribution in [3.05, 3.63) is 0 Å². The van der Waals surface area contributed by atoms with E-state index in [1.165, 1.54) is 116 Å². The van der Waals surface area contributed by atoms with Crippen molar-refractivity contribution in [1.82, 2.24) is 0 Å². The van der Waals surface area contributed by atoms with E-state index in [-0.39, 0.29) is 16.8 Å². The van der Waals surface area contributed by atoms with Crippen molar-refractivity contribution < 1.29 is 23.7 Å². The molecule has 6 nitrogen and oxygen atoms in total. The molecule has 0 aromatic rings. The molecule has 10 rings (SSSR count). The van der Waals surface area contributed by atoms with Gasteiger partial charge in [-0.05, 0) is 303 Å². The van der Waals surface area contributed by atoms with Gasteiger partial charge in [-0.25, -0.2) is 0 Å². The highest BCUT2D eigenvalue weighted by Crippen LogP contribution is 2.66. The van der Waals surface area contributed by atoms with E-state index in [1.54, 1.807) is 38.5 Å². The summed E-state index contributed by atoms with van der Waals surface area (Å²) in [5.74, 6) is 10.2. The van der Waals surface area contributed by atoms with Crippen LogP contribution in [0, 0.1) is 104 Å². The lowest BCUT2D eigenvalue weighted by atomic mass is 9.43. The number of ether oxygens (including phenoxy) is 5. The first-order valence-corrected chi connectivity index (χ1v) is 39.9. The Balaban J connectivity index is 0.000000282. The zero-order valence-corrected chi connectivity index (χ0v) is 68.6. The SMILES string of the molecule is CC(C)(C)C12CC3CC(CC(C3)C1)C2.CC(C)(C)OC1CCCCC1.CC(C)(C)OC1CCCCC1(C)C(C)(C)C.CC(C)C(N)C(C)C.CC(C)O[C@H]1C(C)(C)[C@H]2CC[C@]1(C)C2.CC(C)O[C@H]1C[C@@H](C)CC[C@@H]1C(C)C.CC(C)[C@@H]1CC[C@@H](C)C[C@H]1OC(C)(C)C. The molecule has 6 heteroatoms. The Bertz CT molecular complexity index is 1960. The molecule has 0 saturated heterocycles. The van der Waals surface area contributed by atoms with Crippen molar-refractivity contribution in [3.63, 3.8) is 0 Å². The van der Waals surface area contributed by atoms with Gasteiger partial charge < -0.3 is 29.4 Å². The highest BCUT2D eigenvalue weighted by molar-refractivity contribution is 5.10. The van der Waals surface area contributed by atoms with Crippen LogP contribution in [0.15, 0.2) is 0 Å². The molecule has 10 aliphatic carbocycles. The van der Waals surface area contributed by atoms with E-state index in [9.17, 15) is 0 Å². The molecule has 0 amide bonds. The van der Waals surface area contributed by atoms with Crippen LogP contribution < -0.4 is 5.73 Å². The molecular formula is C86H169NO5. The molecule has 0 aromatic carbocycles. The van der Waals surface area contributed by atoms with Crippen LogP contribution in [-0.4, -0.2) is 65.6 Å². The molecule has 10 fully saturated rings. The normalized spacial score (nSPS) is 34.7. The van der Waals surface area contributed by atoms with E-state index < -0.39 is 0 Å². The summed E-state index contributed by atoms with van der Waals surface area (Å²) in [6.45, 7) is 74.9. The molecule has 10 aliphatic rings.